The van der Waals surface area contributed by atoms with Crippen LogP contribution in [0.4, 0.5) is 5.82 Å². The topological polar surface area (TPSA) is 86.9 Å². The predicted octanol–water partition coefficient (Wildman–Crippen LogP) is 0.127. The van der Waals surface area contributed by atoms with Crippen molar-refractivity contribution in [2.45, 2.75) is 25.8 Å². The lowest BCUT2D eigenvalue weighted by molar-refractivity contribution is 0.586. The molecule has 78 valence electrons. The van der Waals surface area contributed by atoms with Gasteiger partial charge in [-0.05, 0) is 19.8 Å². The number of aromatic amines is 1. The van der Waals surface area contributed by atoms with Crippen molar-refractivity contribution in [3.8, 4) is 0 Å². The first kappa shape index (κ1) is 9.47. The summed E-state index contributed by atoms with van der Waals surface area (Å²) in [7, 11) is -3.44. The van der Waals surface area contributed by atoms with Crippen LogP contribution in [0.3, 0.4) is 0 Å². The highest BCUT2D eigenvalue weighted by Crippen LogP contribution is 2.20. The van der Waals surface area contributed by atoms with Gasteiger partial charge in [0.25, 0.3) is 0 Å². The molecular formula is C7H12N4O2S. The molecule has 0 bridgehead atoms. The van der Waals surface area contributed by atoms with Crippen LogP contribution in [0.15, 0.2) is 6.07 Å². The number of aromatic nitrogens is 2. The second-order valence-corrected chi connectivity index (χ2v) is 4.88. The normalized spacial score (nSPS) is 16.9. The zero-order valence-electron chi connectivity index (χ0n) is 7.74. The van der Waals surface area contributed by atoms with Gasteiger partial charge in [0.2, 0.25) is 0 Å². The fraction of sp³-hybridized carbons (Fsp3) is 0.571. The van der Waals surface area contributed by atoms with E-state index in [0.717, 1.165) is 18.5 Å². The van der Waals surface area contributed by atoms with Gasteiger partial charge in [-0.25, -0.2) is 0 Å². The molecule has 1 aliphatic carbocycles. The Morgan fingerprint density at radius 3 is 2.79 bits per heavy atom. The van der Waals surface area contributed by atoms with Crippen molar-refractivity contribution in [1.29, 1.82) is 0 Å². The molecule has 0 aliphatic heterocycles. The van der Waals surface area contributed by atoms with E-state index in [4.69, 9.17) is 0 Å². The first-order chi connectivity index (χ1) is 6.55. The molecule has 1 aromatic heterocycles. The summed E-state index contributed by atoms with van der Waals surface area (Å²) in [6, 6.07) is 1.74. The predicted molar refractivity (Wildman–Crippen MR) is 52.0 cm³/mol. The number of anilines is 1. The molecule has 6 nitrogen and oxygen atoms in total. The lowest BCUT2D eigenvalue weighted by Gasteiger charge is -2.04. The van der Waals surface area contributed by atoms with E-state index in [0.29, 0.717) is 5.82 Å². The number of nitrogens with one attached hydrogen (secondary N) is 3. The molecule has 7 heteroatoms. The molecule has 1 aromatic rings. The van der Waals surface area contributed by atoms with Gasteiger partial charge in [-0.3, -0.25) is 9.82 Å². The highest BCUT2D eigenvalue weighted by atomic mass is 32.2. The maximum Gasteiger partial charge on any atom is 0.300 e. The molecule has 3 N–H and O–H groups in total. The lowest BCUT2D eigenvalue weighted by atomic mass is 10.5. The Morgan fingerprint density at radius 1 is 1.57 bits per heavy atom. The van der Waals surface area contributed by atoms with Crippen LogP contribution in [0.25, 0.3) is 0 Å². The summed E-state index contributed by atoms with van der Waals surface area (Å²) in [5, 5.41) is 6.43. The van der Waals surface area contributed by atoms with E-state index >= 15 is 0 Å². The molecule has 2 rings (SSSR count). The first-order valence-electron chi connectivity index (χ1n) is 4.37. The van der Waals surface area contributed by atoms with Gasteiger partial charge >= 0.3 is 10.2 Å². The van der Waals surface area contributed by atoms with Crippen molar-refractivity contribution in [2.24, 2.45) is 0 Å². The minimum atomic E-state index is -3.44. The summed E-state index contributed by atoms with van der Waals surface area (Å²) in [5.74, 6) is 0.315. The zero-order chi connectivity index (χ0) is 10.2. The molecule has 1 saturated carbocycles. The van der Waals surface area contributed by atoms with Gasteiger partial charge in [-0.1, -0.05) is 0 Å². The fourth-order valence-electron chi connectivity index (χ4n) is 1.06. The molecule has 0 saturated heterocycles. The van der Waals surface area contributed by atoms with E-state index < -0.39 is 10.2 Å². The first-order valence-corrected chi connectivity index (χ1v) is 5.85. The third kappa shape index (κ3) is 2.46. The van der Waals surface area contributed by atoms with Crippen molar-refractivity contribution >= 4 is 16.0 Å². The molecule has 1 heterocycles. The molecule has 0 aromatic carbocycles. The van der Waals surface area contributed by atoms with Crippen LogP contribution in [0.5, 0.6) is 0 Å². The van der Waals surface area contributed by atoms with Gasteiger partial charge in [0.1, 0.15) is 0 Å². The number of H-pyrrole nitrogens is 1. The van der Waals surface area contributed by atoms with Crippen LogP contribution in [-0.2, 0) is 10.2 Å². The third-order valence-corrected chi connectivity index (χ3v) is 2.97. The smallest absolute Gasteiger partial charge is 0.281 e. The van der Waals surface area contributed by atoms with E-state index in [-0.39, 0.29) is 6.04 Å². The summed E-state index contributed by atoms with van der Waals surface area (Å²) in [5.41, 5.74) is 0.814. The summed E-state index contributed by atoms with van der Waals surface area (Å²) in [6.07, 6.45) is 1.83. The number of nitrogens with zero attached hydrogens (tertiary/aromatic N) is 1. The number of hydrogen-bond donors (Lipinski definition) is 3. The van der Waals surface area contributed by atoms with Crippen LogP contribution >= 0.6 is 0 Å². The van der Waals surface area contributed by atoms with Crippen LogP contribution in [0, 0.1) is 6.92 Å². The monoisotopic (exact) mass is 216 g/mol. The Balaban J connectivity index is 2.01. The van der Waals surface area contributed by atoms with Crippen molar-refractivity contribution in [2.75, 3.05) is 4.72 Å². The number of aryl methyl sites for hydroxylation is 1. The summed E-state index contributed by atoms with van der Waals surface area (Å²) in [6.45, 7) is 1.80. The molecule has 0 spiro atoms. The van der Waals surface area contributed by atoms with Crippen LogP contribution in [0.2, 0.25) is 0 Å². The van der Waals surface area contributed by atoms with Crippen LogP contribution in [-0.4, -0.2) is 24.7 Å². The molecule has 14 heavy (non-hydrogen) atoms. The van der Waals surface area contributed by atoms with Crippen LogP contribution in [0.1, 0.15) is 18.5 Å². The molecular weight excluding hydrogens is 204 g/mol. The second-order valence-electron chi connectivity index (χ2n) is 3.43. The molecule has 0 radical (unpaired) electrons. The van der Waals surface area contributed by atoms with Crippen LogP contribution < -0.4 is 9.44 Å². The Morgan fingerprint density at radius 2 is 2.29 bits per heavy atom. The van der Waals surface area contributed by atoms with Gasteiger partial charge in [0.05, 0.1) is 0 Å². The largest absolute Gasteiger partial charge is 0.300 e. The van der Waals surface area contributed by atoms with Crippen molar-refractivity contribution in [1.82, 2.24) is 14.9 Å². The lowest BCUT2D eigenvalue weighted by Crippen LogP contribution is -2.31. The van der Waals surface area contributed by atoms with Gasteiger partial charge < -0.3 is 0 Å². The molecule has 1 fully saturated rings. The number of hydrogen-bond acceptors (Lipinski definition) is 3. The van der Waals surface area contributed by atoms with Crippen molar-refractivity contribution in [3.05, 3.63) is 11.8 Å². The Labute approximate surface area is 82.3 Å². The van der Waals surface area contributed by atoms with E-state index in [1.54, 1.807) is 13.0 Å². The Hall–Kier alpha value is -1.08. The van der Waals surface area contributed by atoms with Gasteiger partial charge in [-0.2, -0.15) is 18.2 Å². The third-order valence-electron chi connectivity index (χ3n) is 1.84. The zero-order valence-corrected chi connectivity index (χ0v) is 8.56. The van der Waals surface area contributed by atoms with Gasteiger partial charge in [0, 0.05) is 17.8 Å². The van der Waals surface area contributed by atoms with E-state index in [9.17, 15) is 8.42 Å². The molecule has 0 unspecified atom stereocenters. The summed E-state index contributed by atoms with van der Waals surface area (Å²) < 4.78 is 27.6. The average Bonchev–Trinajstić information content (AvgIpc) is 2.74. The highest BCUT2D eigenvalue weighted by molar-refractivity contribution is 7.90. The second kappa shape index (κ2) is 3.25. The summed E-state index contributed by atoms with van der Waals surface area (Å²) >= 11 is 0. The SMILES string of the molecule is Cc1cc(NS(=O)(=O)NC2CC2)n[nH]1. The Bertz CT molecular complexity index is 421. The molecule has 0 atom stereocenters. The summed E-state index contributed by atoms with van der Waals surface area (Å²) in [4.78, 5) is 0. The number of rotatable bonds is 4. The maximum atomic E-state index is 11.4. The Kier molecular flexibility index (Phi) is 2.20. The minimum absolute atomic E-state index is 0.104. The van der Waals surface area contributed by atoms with E-state index in [1.165, 1.54) is 0 Å². The molecule has 1 aliphatic rings. The van der Waals surface area contributed by atoms with Crippen molar-refractivity contribution < 1.29 is 8.42 Å². The van der Waals surface area contributed by atoms with E-state index in [2.05, 4.69) is 19.6 Å². The fourth-order valence-corrected chi connectivity index (χ4v) is 2.17. The average molecular weight is 216 g/mol. The minimum Gasteiger partial charge on any atom is -0.281 e. The molecule has 0 amide bonds. The standard InChI is InChI=1S/C7H12N4O2S/c1-5-4-7(9-8-5)11-14(12,13)10-6-2-3-6/h4,6,10H,2-3H2,1H3,(H2,8,9,11). The highest BCUT2D eigenvalue weighted by Gasteiger charge is 2.27. The van der Waals surface area contributed by atoms with Gasteiger partial charge in [-0.15, -0.1) is 0 Å². The van der Waals surface area contributed by atoms with Gasteiger partial charge in [0.15, 0.2) is 5.82 Å². The van der Waals surface area contributed by atoms with E-state index in [1.807, 2.05) is 0 Å². The quantitative estimate of drug-likeness (QED) is 0.668. The van der Waals surface area contributed by atoms with Crippen molar-refractivity contribution in [3.63, 3.8) is 0 Å². The maximum absolute atomic E-state index is 11.4.